The van der Waals surface area contributed by atoms with Crippen molar-refractivity contribution in [2.24, 2.45) is 5.92 Å². The highest BCUT2D eigenvalue weighted by atomic mass is 16.5. The van der Waals surface area contributed by atoms with Crippen LogP contribution in [0.4, 0.5) is 0 Å². The number of benzene rings is 1. The lowest BCUT2D eigenvalue weighted by Gasteiger charge is -2.20. The Hall–Kier alpha value is -2.07. The van der Waals surface area contributed by atoms with Crippen LogP contribution < -0.4 is 4.74 Å². The number of aliphatic carboxylic acids is 1. The molecule has 0 radical (unpaired) electrons. The van der Waals surface area contributed by atoms with Gasteiger partial charge in [0.05, 0.1) is 12.7 Å². The second-order valence-electron chi connectivity index (χ2n) is 10.3. The average Bonchev–Trinajstić information content (AvgIpc) is 3.27. The third-order valence-corrected chi connectivity index (χ3v) is 7.01. The molecule has 3 atom stereocenters. The van der Waals surface area contributed by atoms with Crippen LogP contribution in [0.3, 0.4) is 0 Å². The van der Waals surface area contributed by atoms with Gasteiger partial charge in [-0.05, 0) is 60.6 Å². The number of unbranched alkanes of at least 4 members (excludes halogenated alkanes) is 1. The zero-order valence-corrected chi connectivity index (χ0v) is 19.7. The van der Waals surface area contributed by atoms with E-state index < -0.39 is 5.97 Å². The zero-order valence-electron chi connectivity index (χ0n) is 19.7. The SMILES string of the molecule is CCCCC(O)CCc1cc([C@@]2(C)C[C@H]2C=CC(C)=CC(=O)O)cc2c1OCC2(C)C. The summed E-state index contributed by atoms with van der Waals surface area (Å²) in [5.41, 5.74) is 4.62. The van der Waals surface area contributed by atoms with E-state index in [0.717, 1.165) is 49.8 Å². The number of carboxylic acids is 1. The fourth-order valence-corrected chi connectivity index (χ4v) is 4.64. The lowest BCUT2D eigenvalue weighted by atomic mass is 9.81. The smallest absolute Gasteiger partial charge is 0.328 e. The van der Waals surface area contributed by atoms with Crippen LogP contribution in [0, 0.1) is 5.92 Å². The lowest BCUT2D eigenvalue weighted by molar-refractivity contribution is -0.131. The molecule has 1 saturated carbocycles. The number of ether oxygens (including phenoxy) is 1. The van der Waals surface area contributed by atoms with Gasteiger partial charge in [0.15, 0.2) is 0 Å². The van der Waals surface area contributed by atoms with Crippen molar-refractivity contribution in [1.29, 1.82) is 0 Å². The van der Waals surface area contributed by atoms with E-state index in [0.29, 0.717) is 12.5 Å². The summed E-state index contributed by atoms with van der Waals surface area (Å²) < 4.78 is 6.13. The molecule has 170 valence electrons. The molecule has 0 spiro atoms. The fourth-order valence-electron chi connectivity index (χ4n) is 4.64. The molecule has 4 heteroatoms. The third kappa shape index (κ3) is 5.41. The number of aryl methyl sites for hydroxylation is 1. The van der Waals surface area contributed by atoms with Gasteiger partial charge in [0.2, 0.25) is 0 Å². The molecule has 1 aliphatic heterocycles. The second kappa shape index (κ2) is 9.20. The summed E-state index contributed by atoms with van der Waals surface area (Å²) in [7, 11) is 0. The van der Waals surface area contributed by atoms with Crippen LogP contribution in [-0.2, 0) is 22.0 Å². The number of rotatable bonds is 10. The third-order valence-electron chi connectivity index (χ3n) is 7.01. The van der Waals surface area contributed by atoms with Gasteiger partial charge >= 0.3 is 5.97 Å². The Kier molecular flexibility index (Phi) is 7.00. The van der Waals surface area contributed by atoms with Gasteiger partial charge in [0.1, 0.15) is 5.75 Å². The molecule has 3 rings (SSSR count). The van der Waals surface area contributed by atoms with E-state index in [1.165, 1.54) is 22.8 Å². The molecule has 2 aliphatic rings. The van der Waals surface area contributed by atoms with E-state index in [1.54, 1.807) is 0 Å². The average molecular weight is 427 g/mol. The Morgan fingerprint density at radius 1 is 1.29 bits per heavy atom. The first-order valence-corrected chi connectivity index (χ1v) is 11.6. The van der Waals surface area contributed by atoms with E-state index in [4.69, 9.17) is 9.84 Å². The number of carboxylic acid groups (broad SMARTS) is 1. The first-order valence-electron chi connectivity index (χ1n) is 11.6. The van der Waals surface area contributed by atoms with Crippen molar-refractivity contribution >= 4 is 5.97 Å². The van der Waals surface area contributed by atoms with E-state index in [9.17, 15) is 9.90 Å². The summed E-state index contributed by atoms with van der Waals surface area (Å²) in [6, 6.07) is 4.62. The molecule has 1 aromatic carbocycles. The molecule has 31 heavy (non-hydrogen) atoms. The van der Waals surface area contributed by atoms with Crippen LogP contribution in [0.5, 0.6) is 5.75 Å². The van der Waals surface area contributed by atoms with Gasteiger partial charge in [0.25, 0.3) is 0 Å². The standard InChI is InChI=1S/C27H38O4/c1-6-7-8-22(28)12-10-19-14-21(15-23-25(19)31-17-26(23,3)4)27(5)16-20(27)11-9-18(2)13-24(29)30/h9,11,13-15,20,22,28H,6-8,10,12,16-17H2,1-5H3,(H,29,30)/t20-,22?,27+/m1/s1. The van der Waals surface area contributed by atoms with Crippen LogP contribution in [-0.4, -0.2) is 28.9 Å². The highest BCUT2D eigenvalue weighted by Crippen LogP contribution is 2.57. The summed E-state index contributed by atoms with van der Waals surface area (Å²) in [6.45, 7) is 11.4. The van der Waals surface area contributed by atoms with Crippen LogP contribution in [0.1, 0.15) is 83.4 Å². The molecular weight excluding hydrogens is 388 g/mol. The van der Waals surface area contributed by atoms with Crippen LogP contribution in [0.2, 0.25) is 0 Å². The quantitative estimate of drug-likeness (QED) is 0.372. The molecule has 1 aliphatic carbocycles. The zero-order chi connectivity index (χ0) is 22.8. The molecule has 1 heterocycles. The predicted octanol–water partition coefficient (Wildman–Crippen LogP) is 5.71. The minimum atomic E-state index is -0.910. The van der Waals surface area contributed by atoms with Crippen molar-refractivity contribution in [1.82, 2.24) is 0 Å². The maximum atomic E-state index is 10.9. The Morgan fingerprint density at radius 3 is 2.71 bits per heavy atom. The normalized spacial score (nSPS) is 25.4. The number of allylic oxidation sites excluding steroid dienone is 3. The summed E-state index contributed by atoms with van der Waals surface area (Å²) in [5, 5.41) is 19.3. The number of aliphatic hydroxyl groups excluding tert-OH is 1. The molecule has 1 fully saturated rings. The summed E-state index contributed by atoms with van der Waals surface area (Å²) in [4.78, 5) is 10.9. The van der Waals surface area contributed by atoms with Crippen molar-refractivity contribution in [3.8, 4) is 5.75 Å². The van der Waals surface area contributed by atoms with E-state index in [1.807, 2.05) is 13.0 Å². The number of carbonyl (C=O) groups is 1. The number of fused-ring (bicyclic) bond motifs is 1. The topological polar surface area (TPSA) is 66.8 Å². The summed E-state index contributed by atoms with van der Waals surface area (Å²) in [6.07, 6.45) is 10.7. The highest BCUT2D eigenvalue weighted by Gasteiger charge is 2.50. The van der Waals surface area contributed by atoms with E-state index >= 15 is 0 Å². The molecule has 0 bridgehead atoms. The molecule has 0 saturated heterocycles. The molecular formula is C27H38O4. The summed E-state index contributed by atoms with van der Waals surface area (Å²) >= 11 is 0. The minimum Gasteiger partial charge on any atom is -0.492 e. The summed E-state index contributed by atoms with van der Waals surface area (Å²) in [5.74, 6) is 0.511. The fraction of sp³-hybridized carbons (Fsp3) is 0.593. The Bertz CT molecular complexity index is 879. The van der Waals surface area contributed by atoms with Crippen molar-refractivity contribution in [3.05, 3.63) is 52.6 Å². The maximum Gasteiger partial charge on any atom is 0.328 e. The van der Waals surface area contributed by atoms with Gasteiger partial charge in [-0.25, -0.2) is 4.79 Å². The van der Waals surface area contributed by atoms with Gasteiger partial charge in [-0.1, -0.05) is 64.8 Å². The van der Waals surface area contributed by atoms with Crippen LogP contribution in [0.15, 0.2) is 35.9 Å². The monoisotopic (exact) mass is 426 g/mol. The second-order valence-corrected chi connectivity index (χ2v) is 10.3. The largest absolute Gasteiger partial charge is 0.492 e. The van der Waals surface area contributed by atoms with Crippen LogP contribution in [0.25, 0.3) is 0 Å². The molecule has 4 nitrogen and oxygen atoms in total. The first-order chi connectivity index (χ1) is 14.6. The Morgan fingerprint density at radius 2 is 2.03 bits per heavy atom. The maximum absolute atomic E-state index is 10.9. The molecule has 1 aromatic rings. The lowest BCUT2D eigenvalue weighted by Crippen LogP contribution is -2.19. The molecule has 0 aromatic heterocycles. The van der Waals surface area contributed by atoms with Crippen molar-refractivity contribution in [2.45, 2.75) is 90.1 Å². The number of aliphatic hydroxyl groups is 1. The van der Waals surface area contributed by atoms with Crippen molar-refractivity contribution in [2.75, 3.05) is 6.61 Å². The van der Waals surface area contributed by atoms with Crippen LogP contribution >= 0.6 is 0 Å². The van der Waals surface area contributed by atoms with Gasteiger partial charge in [0, 0.05) is 17.1 Å². The van der Waals surface area contributed by atoms with Crippen molar-refractivity contribution in [3.63, 3.8) is 0 Å². The van der Waals surface area contributed by atoms with Crippen molar-refractivity contribution < 1.29 is 19.7 Å². The highest BCUT2D eigenvalue weighted by molar-refractivity contribution is 5.81. The minimum absolute atomic E-state index is 0.0156. The molecule has 2 N–H and O–H groups in total. The Balaban J connectivity index is 1.83. The Labute approximate surface area is 187 Å². The van der Waals surface area contributed by atoms with Gasteiger partial charge in [-0.15, -0.1) is 0 Å². The first kappa shape index (κ1) is 23.6. The number of hydrogen-bond donors (Lipinski definition) is 2. The van der Waals surface area contributed by atoms with Gasteiger partial charge in [-0.3, -0.25) is 0 Å². The van der Waals surface area contributed by atoms with E-state index in [2.05, 4.69) is 45.9 Å². The van der Waals surface area contributed by atoms with E-state index in [-0.39, 0.29) is 16.9 Å². The van der Waals surface area contributed by atoms with Gasteiger partial charge < -0.3 is 14.9 Å². The van der Waals surface area contributed by atoms with Gasteiger partial charge in [-0.2, -0.15) is 0 Å². The molecule has 1 unspecified atom stereocenters. The number of hydrogen-bond acceptors (Lipinski definition) is 3. The predicted molar refractivity (Wildman–Crippen MR) is 125 cm³/mol. The molecule has 0 amide bonds.